The van der Waals surface area contributed by atoms with Crippen molar-refractivity contribution < 1.29 is 9.90 Å². The van der Waals surface area contributed by atoms with Crippen LogP contribution in [0.3, 0.4) is 0 Å². The van der Waals surface area contributed by atoms with Gasteiger partial charge in [-0.2, -0.15) is 0 Å². The van der Waals surface area contributed by atoms with E-state index in [4.69, 9.17) is 0 Å². The summed E-state index contributed by atoms with van der Waals surface area (Å²) in [5.41, 5.74) is 1.78. The Morgan fingerprint density at radius 1 is 1.50 bits per heavy atom. The van der Waals surface area contributed by atoms with Gasteiger partial charge in [0, 0.05) is 12.1 Å². The lowest BCUT2D eigenvalue weighted by Gasteiger charge is -2.40. The Kier molecular flexibility index (Phi) is 5.41. The van der Waals surface area contributed by atoms with Gasteiger partial charge < -0.3 is 10.4 Å². The smallest absolute Gasteiger partial charge is 0.251 e. The van der Waals surface area contributed by atoms with Gasteiger partial charge >= 0.3 is 0 Å². The number of nitrogens with one attached hydrogen (secondary N) is 1. The molecule has 1 fully saturated rings. The van der Waals surface area contributed by atoms with Crippen LogP contribution in [0.5, 0.6) is 0 Å². The summed E-state index contributed by atoms with van der Waals surface area (Å²) in [5, 5.41) is 13.2. The minimum absolute atomic E-state index is 0.00859. The van der Waals surface area contributed by atoms with Crippen LogP contribution in [0.15, 0.2) is 36.9 Å². The van der Waals surface area contributed by atoms with Crippen LogP contribution in [0.2, 0.25) is 0 Å². The molecule has 2 rings (SSSR count). The molecule has 1 aliphatic rings. The van der Waals surface area contributed by atoms with Crippen molar-refractivity contribution in [3.63, 3.8) is 0 Å². The quantitative estimate of drug-likeness (QED) is 0.818. The van der Waals surface area contributed by atoms with Gasteiger partial charge in [0.05, 0.1) is 6.10 Å². The topological polar surface area (TPSA) is 49.3 Å². The summed E-state index contributed by atoms with van der Waals surface area (Å²) >= 11 is 0. The number of aliphatic hydroxyl groups is 1. The van der Waals surface area contributed by atoms with Crippen molar-refractivity contribution in [2.75, 3.05) is 6.54 Å². The molecule has 3 nitrogen and oxygen atoms in total. The number of hydrogen-bond donors (Lipinski definition) is 2. The Morgan fingerprint density at radius 3 is 2.91 bits per heavy atom. The SMILES string of the molecule is C=CCC1CC(C)(CNC(=O)c2ccccc2C)CCC1O. The van der Waals surface area contributed by atoms with Crippen LogP contribution in [-0.4, -0.2) is 23.7 Å². The third-order valence-electron chi connectivity index (χ3n) is 4.88. The molecule has 1 amide bonds. The third kappa shape index (κ3) is 3.98. The van der Waals surface area contributed by atoms with Crippen molar-refractivity contribution in [3.8, 4) is 0 Å². The number of carbonyl (C=O) groups is 1. The Balaban J connectivity index is 1.96. The highest BCUT2D eigenvalue weighted by atomic mass is 16.3. The Bertz CT molecular complexity index is 540. The monoisotopic (exact) mass is 301 g/mol. The van der Waals surface area contributed by atoms with E-state index in [1.807, 2.05) is 37.3 Å². The summed E-state index contributed by atoms with van der Waals surface area (Å²) in [6.07, 6.45) is 5.14. The third-order valence-corrected chi connectivity index (χ3v) is 4.88. The first-order valence-corrected chi connectivity index (χ1v) is 8.08. The molecule has 120 valence electrons. The van der Waals surface area contributed by atoms with Gasteiger partial charge in [-0.25, -0.2) is 0 Å². The molecule has 0 bridgehead atoms. The van der Waals surface area contributed by atoms with Crippen LogP contribution in [0.25, 0.3) is 0 Å². The van der Waals surface area contributed by atoms with Gasteiger partial charge in [0.25, 0.3) is 5.91 Å². The zero-order valence-electron chi connectivity index (χ0n) is 13.6. The van der Waals surface area contributed by atoms with Crippen molar-refractivity contribution in [2.45, 2.75) is 45.6 Å². The molecule has 22 heavy (non-hydrogen) atoms. The number of carbonyl (C=O) groups excluding carboxylic acids is 1. The van der Waals surface area contributed by atoms with Crippen LogP contribution in [0, 0.1) is 18.3 Å². The number of amides is 1. The van der Waals surface area contributed by atoms with Crippen LogP contribution < -0.4 is 5.32 Å². The van der Waals surface area contributed by atoms with E-state index in [9.17, 15) is 9.90 Å². The lowest BCUT2D eigenvalue weighted by molar-refractivity contribution is 0.0163. The van der Waals surface area contributed by atoms with Crippen molar-refractivity contribution in [3.05, 3.63) is 48.0 Å². The van der Waals surface area contributed by atoms with Gasteiger partial charge in [0.15, 0.2) is 0 Å². The molecule has 0 radical (unpaired) electrons. The van der Waals surface area contributed by atoms with Gasteiger partial charge in [0.2, 0.25) is 0 Å². The van der Waals surface area contributed by atoms with E-state index in [1.165, 1.54) is 0 Å². The highest BCUT2D eigenvalue weighted by Crippen LogP contribution is 2.40. The van der Waals surface area contributed by atoms with Gasteiger partial charge in [-0.05, 0) is 55.6 Å². The molecular formula is C19H27NO2. The molecule has 2 N–H and O–H groups in total. The van der Waals surface area contributed by atoms with E-state index in [0.717, 1.165) is 36.8 Å². The summed E-state index contributed by atoms with van der Waals surface area (Å²) < 4.78 is 0. The zero-order chi connectivity index (χ0) is 16.2. The summed E-state index contributed by atoms with van der Waals surface area (Å²) in [4.78, 5) is 12.3. The highest BCUT2D eigenvalue weighted by Gasteiger charge is 2.36. The normalized spacial score (nSPS) is 28.1. The summed E-state index contributed by atoms with van der Waals surface area (Å²) in [5.74, 6) is 0.248. The lowest BCUT2D eigenvalue weighted by Crippen LogP contribution is -2.42. The van der Waals surface area contributed by atoms with E-state index in [-0.39, 0.29) is 23.3 Å². The molecule has 0 heterocycles. The van der Waals surface area contributed by atoms with Gasteiger partial charge in [0.1, 0.15) is 0 Å². The fourth-order valence-electron chi connectivity index (χ4n) is 3.43. The first-order valence-electron chi connectivity index (χ1n) is 8.08. The molecule has 0 aromatic heterocycles. The van der Waals surface area contributed by atoms with Crippen molar-refractivity contribution in [1.82, 2.24) is 5.32 Å². The molecule has 0 spiro atoms. The van der Waals surface area contributed by atoms with Crippen LogP contribution in [-0.2, 0) is 0 Å². The number of hydrogen-bond acceptors (Lipinski definition) is 2. The molecule has 3 atom stereocenters. The molecule has 0 saturated heterocycles. The average molecular weight is 301 g/mol. The highest BCUT2D eigenvalue weighted by molar-refractivity contribution is 5.95. The fourth-order valence-corrected chi connectivity index (χ4v) is 3.43. The lowest BCUT2D eigenvalue weighted by atomic mass is 9.68. The number of aryl methyl sites for hydroxylation is 1. The molecule has 0 aliphatic heterocycles. The standard InChI is InChI=1S/C19H27NO2/c1-4-7-15-12-19(3,11-10-17(15)21)13-20-18(22)16-9-6-5-8-14(16)2/h4-6,8-9,15,17,21H,1,7,10-13H2,2-3H3,(H,20,22). The minimum Gasteiger partial charge on any atom is -0.393 e. The summed E-state index contributed by atoms with van der Waals surface area (Å²) in [6, 6.07) is 7.64. The molecule has 3 heteroatoms. The second kappa shape index (κ2) is 7.10. The molecule has 1 aromatic carbocycles. The maximum absolute atomic E-state index is 12.3. The second-order valence-electron chi connectivity index (χ2n) is 6.90. The first-order chi connectivity index (χ1) is 10.4. The van der Waals surface area contributed by atoms with E-state index in [1.54, 1.807) is 0 Å². The van der Waals surface area contributed by atoms with Crippen molar-refractivity contribution in [1.29, 1.82) is 0 Å². The van der Waals surface area contributed by atoms with Gasteiger partial charge in [-0.15, -0.1) is 6.58 Å². The van der Waals surface area contributed by atoms with Gasteiger partial charge in [-0.1, -0.05) is 31.2 Å². The van der Waals surface area contributed by atoms with Crippen molar-refractivity contribution in [2.24, 2.45) is 11.3 Å². The van der Waals surface area contributed by atoms with E-state index < -0.39 is 0 Å². The maximum atomic E-state index is 12.3. The first kappa shape index (κ1) is 16.8. The van der Waals surface area contributed by atoms with E-state index in [2.05, 4.69) is 18.8 Å². The Morgan fingerprint density at radius 2 is 2.23 bits per heavy atom. The number of aliphatic hydroxyl groups excluding tert-OH is 1. The van der Waals surface area contributed by atoms with Gasteiger partial charge in [-0.3, -0.25) is 4.79 Å². The van der Waals surface area contributed by atoms with Crippen LogP contribution >= 0.6 is 0 Å². The molecule has 1 aromatic rings. The molecule has 1 saturated carbocycles. The molecule has 1 aliphatic carbocycles. The zero-order valence-corrected chi connectivity index (χ0v) is 13.6. The molecular weight excluding hydrogens is 274 g/mol. The minimum atomic E-state index is -0.238. The second-order valence-corrected chi connectivity index (χ2v) is 6.90. The number of rotatable bonds is 5. The number of allylic oxidation sites excluding steroid dienone is 1. The van der Waals surface area contributed by atoms with Crippen LogP contribution in [0.1, 0.15) is 48.5 Å². The predicted octanol–water partition coefficient (Wildman–Crippen LogP) is 3.47. The van der Waals surface area contributed by atoms with Crippen molar-refractivity contribution >= 4 is 5.91 Å². The summed E-state index contributed by atoms with van der Waals surface area (Å²) in [7, 11) is 0. The van der Waals surface area contributed by atoms with E-state index in [0.29, 0.717) is 6.54 Å². The molecule has 3 unspecified atom stereocenters. The summed E-state index contributed by atoms with van der Waals surface area (Å²) in [6.45, 7) is 8.59. The predicted molar refractivity (Wildman–Crippen MR) is 89.8 cm³/mol. The maximum Gasteiger partial charge on any atom is 0.251 e. The number of benzene rings is 1. The van der Waals surface area contributed by atoms with Crippen LogP contribution in [0.4, 0.5) is 0 Å². The Labute approximate surface area is 133 Å². The average Bonchev–Trinajstić information content (AvgIpc) is 2.50. The van der Waals surface area contributed by atoms with E-state index >= 15 is 0 Å². The Hall–Kier alpha value is -1.61. The fraction of sp³-hybridized carbons (Fsp3) is 0.526. The largest absolute Gasteiger partial charge is 0.393 e.